The van der Waals surface area contributed by atoms with Crippen molar-refractivity contribution in [3.05, 3.63) is 16.2 Å². The molecule has 0 radical (unpaired) electrons. The van der Waals surface area contributed by atoms with Gasteiger partial charge in [0.05, 0.1) is 6.10 Å². The van der Waals surface area contributed by atoms with Crippen molar-refractivity contribution in [2.75, 3.05) is 13.2 Å². The van der Waals surface area contributed by atoms with Gasteiger partial charge in [-0.2, -0.15) is 4.98 Å². The molecule has 1 atom stereocenters. The van der Waals surface area contributed by atoms with E-state index < -0.39 is 0 Å². The number of aromatic nitrogens is 3. The lowest BCUT2D eigenvalue weighted by atomic mass is 10.2. The van der Waals surface area contributed by atoms with Crippen LogP contribution in [0.25, 0.3) is 11.6 Å². The van der Waals surface area contributed by atoms with Gasteiger partial charge in [-0.25, -0.2) is 4.98 Å². The molecule has 0 spiro atoms. The number of thiazole rings is 1. The van der Waals surface area contributed by atoms with Crippen LogP contribution in [0, 0.1) is 0 Å². The van der Waals surface area contributed by atoms with Crippen LogP contribution in [0.15, 0.2) is 9.90 Å². The predicted octanol–water partition coefficient (Wildman–Crippen LogP) is 1.66. The van der Waals surface area contributed by atoms with Gasteiger partial charge in [0, 0.05) is 25.0 Å². The van der Waals surface area contributed by atoms with Crippen LogP contribution >= 0.6 is 11.3 Å². The zero-order valence-electron chi connectivity index (χ0n) is 11.7. The third kappa shape index (κ3) is 3.27. The molecule has 0 aromatic carbocycles. The van der Waals surface area contributed by atoms with E-state index in [9.17, 15) is 4.79 Å². The van der Waals surface area contributed by atoms with Crippen molar-refractivity contribution < 1.29 is 14.1 Å². The van der Waals surface area contributed by atoms with Crippen molar-refractivity contribution >= 4 is 17.2 Å². The van der Waals surface area contributed by atoms with Crippen LogP contribution in [0.1, 0.15) is 35.4 Å². The largest absolute Gasteiger partial charge is 0.376 e. The zero-order valence-corrected chi connectivity index (χ0v) is 12.5. The first-order chi connectivity index (χ1) is 10.3. The Morgan fingerprint density at radius 2 is 2.43 bits per heavy atom. The topological polar surface area (TPSA) is 90.1 Å². The summed E-state index contributed by atoms with van der Waals surface area (Å²) < 4.78 is 10.6. The summed E-state index contributed by atoms with van der Waals surface area (Å²) in [7, 11) is 0. The van der Waals surface area contributed by atoms with E-state index in [1.807, 2.05) is 6.92 Å². The number of rotatable bonds is 5. The molecule has 0 unspecified atom stereocenters. The van der Waals surface area contributed by atoms with Gasteiger partial charge in [0.1, 0.15) is 5.69 Å². The van der Waals surface area contributed by atoms with E-state index in [4.69, 9.17) is 9.26 Å². The number of nitrogens with one attached hydrogen (secondary N) is 1. The first-order valence-corrected chi connectivity index (χ1v) is 7.82. The maximum Gasteiger partial charge on any atom is 0.280 e. The highest BCUT2D eigenvalue weighted by Gasteiger charge is 2.19. The average molecular weight is 308 g/mol. The number of nitrogens with zero attached hydrogens (tertiary/aromatic N) is 3. The molecule has 1 amide bonds. The van der Waals surface area contributed by atoms with Gasteiger partial charge in [-0.15, -0.1) is 11.3 Å². The van der Waals surface area contributed by atoms with E-state index in [0.717, 1.165) is 19.4 Å². The fourth-order valence-electron chi connectivity index (χ4n) is 2.07. The molecule has 1 aliphatic heterocycles. The predicted molar refractivity (Wildman–Crippen MR) is 76.1 cm³/mol. The third-order valence-electron chi connectivity index (χ3n) is 3.22. The lowest BCUT2D eigenvalue weighted by molar-refractivity contribution is 0.0857. The van der Waals surface area contributed by atoms with Gasteiger partial charge < -0.3 is 14.6 Å². The average Bonchev–Trinajstić information content (AvgIpc) is 3.24. The van der Waals surface area contributed by atoms with Gasteiger partial charge >= 0.3 is 0 Å². The van der Waals surface area contributed by atoms with E-state index in [1.165, 1.54) is 11.3 Å². The first kappa shape index (κ1) is 14.2. The number of aryl methyl sites for hydroxylation is 1. The Kier molecular flexibility index (Phi) is 4.26. The van der Waals surface area contributed by atoms with Gasteiger partial charge in [-0.1, -0.05) is 12.1 Å². The minimum atomic E-state index is -0.197. The van der Waals surface area contributed by atoms with Crippen LogP contribution < -0.4 is 5.32 Å². The molecular weight excluding hydrogens is 292 g/mol. The zero-order chi connectivity index (χ0) is 14.7. The van der Waals surface area contributed by atoms with Crippen LogP contribution in [0.5, 0.6) is 0 Å². The Morgan fingerprint density at radius 1 is 1.52 bits per heavy atom. The van der Waals surface area contributed by atoms with Crippen LogP contribution in [0.3, 0.4) is 0 Å². The highest BCUT2D eigenvalue weighted by molar-refractivity contribution is 7.12. The summed E-state index contributed by atoms with van der Waals surface area (Å²) >= 11 is 1.26. The lowest BCUT2D eigenvalue weighted by Crippen LogP contribution is -2.31. The molecule has 0 aliphatic carbocycles. The minimum Gasteiger partial charge on any atom is -0.376 e. The summed E-state index contributed by atoms with van der Waals surface area (Å²) in [4.78, 5) is 20.5. The molecule has 112 valence electrons. The minimum absolute atomic E-state index is 0.122. The molecule has 1 fully saturated rings. The monoisotopic (exact) mass is 308 g/mol. The van der Waals surface area contributed by atoms with Gasteiger partial charge in [0.15, 0.2) is 10.8 Å². The van der Waals surface area contributed by atoms with Gasteiger partial charge in [-0.05, 0) is 12.8 Å². The maximum atomic E-state index is 12.0. The van der Waals surface area contributed by atoms with E-state index in [0.29, 0.717) is 35.4 Å². The highest BCUT2D eigenvalue weighted by atomic mass is 32.1. The lowest BCUT2D eigenvalue weighted by Gasteiger charge is -2.09. The molecule has 21 heavy (non-hydrogen) atoms. The summed E-state index contributed by atoms with van der Waals surface area (Å²) in [5.74, 6) is 0.778. The van der Waals surface area contributed by atoms with Crippen molar-refractivity contribution in [2.45, 2.75) is 32.3 Å². The van der Waals surface area contributed by atoms with Crippen LogP contribution in [0.2, 0.25) is 0 Å². The number of hydrogen-bond acceptors (Lipinski definition) is 7. The molecule has 1 aliphatic rings. The molecule has 3 rings (SSSR count). The number of carbonyl (C=O) groups is 1. The summed E-state index contributed by atoms with van der Waals surface area (Å²) in [6.07, 6.45) is 2.86. The molecule has 0 saturated carbocycles. The highest BCUT2D eigenvalue weighted by Crippen LogP contribution is 2.20. The van der Waals surface area contributed by atoms with E-state index in [2.05, 4.69) is 20.4 Å². The fourth-order valence-corrected chi connectivity index (χ4v) is 2.77. The van der Waals surface area contributed by atoms with Crippen molar-refractivity contribution in [3.8, 4) is 11.6 Å². The summed E-state index contributed by atoms with van der Waals surface area (Å²) in [5, 5.41) is 8.79. The Hall–Kier alpha value is -1.80. The molecule has 3 heterocycles. The van der Waals surface area contributed by atoms with Crippen molar-refractivity contribution in [3.63, 3.8) is 0 Å². The Morgan fingerprint density at radius 3 is 3.14 bits per heavy atom. The molecule has 2 aromatic rings. The summed E-state index contributed by atoms with van der Waals surface area (Å²) in [6.45, 7) is 3.24. The third-order valence-corrected chi connectivity index (χ3v) is 4.06. The number of carbonyl (C=O) groups excluding carboxylic acids is 1. The second kappa shape index (κ2) is 6.31. The molecule has 2 aromatic heterocycles. The molecule has 8 heteroatoms. The number of amides is 1. The molecule has 0 bridgehead atoms. The number of hydrogen-bond donors (Lipinski definition) is 1. The normalized spacial score (nSPS) is 18.0. The van der Waals surface area contributed by atoms with Crippen LogP contribution in [-0.4, -0.2) is 40.3 Å². The van der Waals surface area contributed by atoms with Gasteiger partial charge in [0.2, 0.25) is 0 Å². The summed E-state index contributed by atoms with van der Waals surface area (Å²) in [5.41, 5.74) is 0.537. The van der Waals surface area contributed by atoms with Crippen molar-refractivity contribution in [2.24, 2.45) is 0 Å². The number of ether oxygens (including phenoxy) is 1. The van der Waals surface area contributed by atoms with Gasteiger partial charge in [0.25, 0.3) is 11.8 Å². The Bertz CT molecular complexity index is 618. The van der Waals surface area contributed by atoms with Crippen molar-refractivity contribution in [1.29, 1.82) is 0 Å². The second-order valence-corrected chi connectivity index (χ2v) is 5.61. The van der Waals surface area contributed by atoms with Crippen molar-refractivity contribution in [1.82, 2.24) is 20.4 Å². The molecule has 7 nitrogen and oxygen atoms in total. The fraction of sp³-hybridized carbons (Fsp3) is 0.538. The second-order valence-electron chi connectivity index (χ2n) is 4.75. The van der Waals surface area contributed by atoms with Gasteiger partial charge in [-0.3, -0.25) is 4.79 Å². The van der Waals surface area contributed by atoms with Crippen LogP contribution in [-0.2, 0) is 11.2 Å². The Balaban J connectivity index is 1.62. The molecule has 1 N–H and O–H groups in total. The summed E-state index contributed by atoms with van der Waals surface area (Å²) in [6, 6.07) is 0. The van der Waals surface area contributed by atoms with E-state index >= 15 is 0 Å². The molecular formula is C13H16N4O3S. The van der Waals surface area contributed by atoms with E-state index in [1.54, 1.807) is 5.38 Å². The maximum absolute atomic E-state index is 12.0. The van der Waals surface area contributed by atoms with E-state index in [-0.39, 0.29) is 12.0 Å². The van der Waals surface area contributed by atoms with Crippen LogP contribution in [0.4, 0.5) is 0 Å². The quantitative estimate of drug-likeness (QED) is 0.903. The molecule has 1 saturated heterocycles. The standard InChI is InChI=1S/C13H16N4O3S/c1-2-10-16-12(20-17-10)9-7-21-13(15-9)11(18)14-6-8-4-3-5-19-8/h7-8H,2-6H2,1H3,(H,14,18)/t8-/m0/s1. The first-order valence-electron chi connectivity index (χ1n) is 6.94. The smallest absolute Gasteiger partial charge is 0.280 e. The Labute approximate surface area is 125 Å². The SMILES string of the molecule is CCc1noc(-c2csc(C(=O)NC[C@@H]3CCCO3)n2)n1.